The number of carbonyl (C=O) groups excluding carboxylic acids is 1. The highest BCUT2D eigenvalue weighted by atomic mass is 16.1. The van der Waals surface area contributed by atoms with Gasteiger partial charge in [0.05, 0.1) is 0 Å². The van der Waals surface area contributed by atoms with E-state index in [0.717, 1.165) is 17.8 Å². The van der Waals surface area contributed by atoms with Crippen molar-refractivity contribution in [2.75, 3.05) is 0 Å². The van der Waals surface area contributed by atoms with E-state index in [1.165, 1.54) is 19.3 Å². The van der Waals surface area contributed by atoms with Gasteiger partial charge in [-0.25, -0.2) is 0 Å². The highest BCUT2D eigenvalue weighted by Gasteiger charge is 2.34. The van der Waals surface area contributed by atoms with Crippen LogP contribution in [-0.2, 0) is 4.79 Å². The second-order valence-corrected chi connectivity index (χ2v) is 5.79. The first-order chi connectivity index (χ1) is 7.47. The average molecular weight is 220 g/mol. The van der Waals surface area contributed by atoms with Crippen molar-refractivity contribution in [3.63, 3.8) is 0 Å². The lowest BCUT2D eigenvalue weighted by Crippen LogP contribution is -2.32. The van der Waals surface area contributed by atoms with Crippen molar-refractivity contribution in [3.05, 3.63) is 23.8 Å². The van der Waals surface area contributed by atoms with Crippen molar-refractivity contribution in [2.45, 2.75) is 47.0 Å². The highest BCUT2D eigenvalue weighted by molar-refractivity contribution is 5.66. The van der Waals surface area contributed by atoms with Gasteiger partial charge in [-0.05, 0) is 42.2 Å². The summed E-state index contributed by atoms with van der Waals surface area (Å²) in [5, 5.41) is 0. The Labute approximate surface area is 99.6 Å². The maximum absolute atomic E-state index is 10.3. The lowest BCUT2D eigenvalue weighted by molar-refractivity contribution is -0.104. The van der Waals surface area contributed by atoms with Gasteiger partial charge in [0.1, 0.15) is 6.29 Å². The Morgan fingerprint density at radius 1 is 1.38 bits per heavy atom. The normalized spacial score (nSPS) is 30.6. The van der Waals surface area contributed by atoms with Crippen molar-refractivity contribution in [1.29, 1.82) is 0 Å². The summed E-state index contributed by atoms with van der Waals surface area (Å²) in [6.45, 7) is 9.03. The zero-order valence-corrected chi connectivity index (χ0v) is 11.0. The summed E-state index contributed by atoms with van der Waals surface area (Å²) in [6, 6.07) is 0. The Kier molecular flexibility index (Phi) is 4.52. The Hall–Kier alpha value is -0.850. The molecule has 0 radical (unpaired) electrons. The van der Waals surface area contributed by atoms with Gasteiger partial charge in [0.25, 0.3) is 0 Å². The Bertz CT molecular complexity index is 297. The van der Waals surface area contributed by atoms with Crippen LogP contribution in [0.25, 0.3) is 0 Å². The van der Waals surface area contributed by atoms with Crippen LogP contribution in [-0.4, -0.2) is 6.29 Å². The van der Waals surface area contributed by atoms with Crippen molar-refractivity contribution in [2.24, 2.45) is 17.3 Å². The summed E-state index contributed by atoms with van der Waals surface area (Å²) < 4.78 is 0. The molecule has 0 bridgehead atoms. The SMILES string of the molecule is CC(/C=C/[C@H]1[C@H](C)CCCC1(C)C)=C\C=O. The molecule has 16 heavy (non-hydrogen) atoms. The van der Waals surface area contributed by atoms with Crippen LogP contribution in [0, 0.1) is 17.3 Å². The molecule has 0 saturated heterocycles. The molecule has 90 valence electrons. The van der Waals surface area contributed by atoms with Gasteiger partial charge in [0.2, 0.25) is 0 Å². The zero-order chi connectivity index (χ0) is 12.2. The first-order valence-corrected chi connectivity index (χ1v) is 6.27. The molecule has 0 unspecified atom stereocenters. The third-order valence-electron chi connectivity index (χ3n) is 3.89. The molecule has 0 amide bonds. The predicted molar refractivity (Wildman–Crippen MR) is 69.2 cm³/mol. The minimum atomic E-state index is 0.398. The lowest BCUT2D eigenvalue weighted by atomic mass is 9.64. The number of carbonyl (C=O) groups is 1. The van der Waals surface area contributed by atoms with Crippen LogP contribution < -0.4 is 0 Å². The van der Waals surface area contributed by atoms with Crippen LogP contribution in [0.3, 0.4) is 0 Å². The summed E-state index contributed by atoms with van der Waals surface area (Å²) in [5.41, 5.74) is 1.44. The molecular weight excluding hydrogens is 196 g/mol. The van der Waals surface area contributed by atoms with Crippen LogP contribution in [0.5, 0.6) is 0 Å². The van der Waals surface area contributed by atoms with Gasteiger partial charge < -0.3 is 0 Å². The summed E-state index contributed by atoms with van der Waals surface area (Å²) in [6.07, 6.45) is 10.9. The number of allylic oxidation sites excluding steroid dienone is 4. The molecule has 0 heterocycles. The van der Waals surface area contributed by atoms with Gasteiger partial charge in [-0.1, -0.05) is 45.8 Å². The van der Waals surface area contributed by atoms with E-state index >= 15 is 0 Å². The summed E-state index contributed by atoms with van der Waals surface area (Å²) in [7, 11) is 0. The van der Waals surface area contributed by atoms with E-state index in [1.54, 1.807) is 6.08 Å². The fourth-order valence-corrected chi connectivity index (χ4v) is 2.86. The number of rotatable bonds is 3. The van der Waals surface area contributed by atoms with Gasteiger partial charge in [-0.15, -0.1) is 0 Å². The third kappa shape index (κ3) is 3.33. The van der Waals surface area contributed by atoms with Crippen molar-refractivity contribution in [3.8, 4) is 0 Å². The molecule has 0 aromatic rings. The van der Waals surface area contributed by atoms with Gasteiger partial charge in [0, 0.05) is 0 Å². The maximum Gasteiger partial charge on any atom is 0.143 e. The van der Waals surface area contributed by atoms with E-state index in [9.17, 15) is 4.79 Å². The molecule has 1 rings (SSSR count). The molecule has 0 N–H and O–H groups in total. The molecule has 2 atom stereocenters. The average Bonchev–Trinajstić information content (AvgIpc) is 2.16. The second-order valence-electron chi connectivity index (χ2n) is 5.79. The van der Waals surface area contributed by atoms with Gasteiger partial charge in [-0.3, -0.25) is 4.79 Å². The lowest BCUT2D eigenvalue weighted by Gasteiger charge is -2.41. The number of aldehydes is 1. The van der Waals surface area contributed by atoms with Gasteiger partial charge in [-0.2, -0.15) is 0 Å². The smallest absolute Gasteiger partial charge is 0.143 e. The van der Waals surface area contributed by atoms with E-state index < -0.39 is 0 Å². The van der Waals surface area contributed by atoms with Crippen LogP contribution in [0.15, 0.2) is 23.8 Å². The van der Waals surface area contributed by atoms with Crippen LogP contribution in [0.1, 0.15) is 47.0 Å². The number of hydrogen-bond acceptors (Lipinski definition) is 1. The fraction of sp³-hybridized carbons (Fsp3) is 0.667. The molecule has 1 saturated carbocycles. The molecule has 1 aliphatic carbocycles. The van der Waals surface area contributed by atoms with E-state index in [2.05, 4.69) is 32.9 Å². The summed E-state index contributed by atoms with van der Waals surface area (Å²) in [5.74, 6) is 1.39. The standard InChI is InChI=1S/C15H24O/c1-12(9-11-16)7-8-14-13(2)6-5-10-15(14,3)4/h7-9,11,13-14H,5-6,10H2,1-4H3/b8-7+,12-9+/t13-,14+/m1/s1. The van der Waals surface area contributed by atoms with E-state index in [-0.39, 0.29) is 0 Å². The fourth-order valence-electron chi connectivity index (χ4n) is 2.86. The van der Waals surface area contributed by atoms with Crippen molar-refractivity contribution >= 4 is 6.29 Å². The van der Waals surface area contributed by atoms with E-state index in [0.29, 0.717) is 11.3 Å². The minimum Gasteiger partial charge on any atom is -0.299 e. The molecule has 0 spiro atoms. The molecule has 1 fully saturated rings. The molecule has 0 aromatic heterocycles. The second kappa shape index (κ2) is 5.47. The zero-order valence-electron chi connectivity index (χ0n) is 11.0. The van der Waals surface area contributed by atoms with E-state index in [1.807, 2.05) is 6.92 Å². The molecular formula is C15H24O. The first kappa shape index (κ1) is 13.2. The molecule has 1 aliphatic rings. The monoisotopic (exact) mass is 220 g/mol. The van der Waals surface area contributed by atoms with E-state index in [4.69, 9.17) is 0 Å². The third-order valence-corrected chi connectivity index (χ3v) is 3.89. The summed E-state index contributed by atoms with van der Waals surface area (Å²) in [4.78, 5) is 10.3. The van der Waals surface area contributed by atoms with Crippen molar-refractivity contribution in [1.82, 2.24) is 0 Å². The molecule has 1 heteroatoms. The molecule has 0 aromatic carbocycles. The predicted octanol–water partition coefficient (Wildman–Crippen LogP) is 4.15. The van der Waals surface area contributed by atoms with Gasteiger partial charge in [0.15, 0.2) is 0 Å². The summed E-state index contributed by atoms with van der Waals surface area (Å²) >= 11 is 0. The van der Waals surface area contributed by atoms with Gasteiger partial charge >= 0.3 is 0 Å². The largest absolute Gasteiger partial charge is 0.299 e. The Morgan fingerprint density at radius 2 is 2.06 bits per heavy atom. The maximum atomic E-state index is 10.3. The van der Waals surface area contributed by atoms with Crippen molar-refractivity contribution < 1.29 is 4.79 Å². The minimum absolute atomic E-state index is 0.398. The topological polar surface area (TPSA) is 17.1 Å². The highest BCUT2D eigenvalue weighted by Crippen LogP contribution is 2.44. The van der Waals surface area contributed by atoms with Crippen LogP contribution >= 0.6 is 0 Å². The number of hydrogen-bond donors (Lipinski definition) is 0. The Morgan fingerprint density at radius 3 is 2.62 bits per heavy atom. The van der Waals surface area contributed by atoms with Crippen LogP contribution in [0.4, 0.5) is 0 Å². The quantitative estimate of drug-likeness (QED) is 0.397. The molecule has 1 nitrogen and oxygen atoms in total. The first-order valence-electron chi connectivity index (χ1n) is 6.27. The van der Waals surface area contributed by atoms with Crippen LogP contribution in [0.2, 0.25) is 0 Å². The Balaban J connectivity index is 2.76. The molecule has 0 aliphatic heterocycles.